The minimum absolute atomic E-state index is 0.326. The van der Waals surface area contributed by atoms with Gasteiger partial charge in [0.25, 0.3) is 0 Å². The first kappa shape index (κ1) is 21.3. The highest BCUT2D eigenvalue weighted by molar-refractivity contribution is 4.82. The first-order valence-corrected chi connectivity index (χ1v) is 7.81. The van der Waals surface area contributed by atoms with Crippen molar-refractivity contribution in [2.24, 2.45) is 0 Å². The monoisotopic (exact) mass is 318 g/mol. The second-order valence-electron chi connectivity index (χ2n) is 4.32. The topological polar surface area (TPSA) is 55.4 Å². The van der Waals surface area contributed by atoms with Gasteiger partial charge in [-0.3, -0.25) is 0 Å². The normalized spacial score (nSPS) is 10.7. The predicted octanol–water partition coefficient (Wildman–Crippen LogP) is 1.13. The Balaban J connectivity index is 2.93. The molecule has 0 fully saturated rings. The summed E-state index contributed by atoms with van der Waals surface area (Å²) in [5.41, 5.74) is 0. The molecule has 0 heterocycles. The van der Waals surface area contributed by atoms with Gasteiger partial charge in [-0.15, -0.1) is 6.42 Å². The average molecular weight is 318 g/mol. The molecule has 6 nitrogen and oxygen atoms in total. The van der Waals surface area contributed by atoms with Gasteiger partial charge in [0.15, 0.2) is 0 Å². The maximum absolute atomic E-state index is 5.36. The van der Waals surface area contributed by atoms with Crippen molar-refractivity contribution in [2.45, 2.75) is 13.3 Å². The van der Waals surface area contributed by atoms with E-state index in [9.17, 15) is 0 Å². The van der Waals surface area contributed by atoms with Gasteiger partial charge in [-0.2, -0.15) is 0 Å². The molecular weight excluding hydrogens is 288 g/mol. The van der Waals surface area contributed by atoms with E-state index in [-0.39, 0.29) is 0 Å². The second kappa shape index (κ2) is 20.3. The van der Waals surface area contributed by atoms with Crippen LogP contribution in [0.3, 0.4) is 0 Å². The Morgan fingerprint density at radius 1 is 0.545 bits per heavy atom. The van der Waals surface area contributed by atoms with Crippen LogP contribution in [-0.4, -0.2) is 79.3 Å². The van der Waals surface area contributed by atoms with Crippen LogP contribution in [0.25, 0.3) is 0 Å². The van der Waals surface area contributed by atoms with Crippen molar-refractivity contribution in [2.75, 3.05) is 79.3 Å². The van der Waals surface area contributed by atoms with Crippen LogP contribution in [0.15, 0.2) is 0 Å². The van der Waals surface area contributed by atoms with Crippen LogP contribution in [0.1, 0.15) is 13.3 Å². The molecule has 6 heteroatoms. The van der Waals surface area contributed by atoms with Crippen LogP contribution < -0.4 is 0 Å². The van der Waals surface area contributed by atoms with E-state index < -0.39 is 0 Å². The molecule has 0 unspecified atom stereocenters. The Bertz CT molecular complexity index is 241. The van der Waals surface area contributed by atoms with Gasteiger partial charge in [0.1, 0.15) is 6.61 Å². The van der Waals surface area contributed by atoms with Gasteiger partial charge < -0.3 is 28.4 Å². The molecule has 130 valence electrons. The first-order valence-electron chi connectivity index (χ1n) is 7.81. The molecule has 0 radical (unpaired) electrons. The van der Waals surface area contributed by atoms with Crippen LogP contribution in [0.5, 0.6) is 0 Å². The minimum Gasteiger partial charge on any atom is -0.379 e. The molecule has 0 spiro atoms. The Morgan fingerprint density at radius 3 is 1.18 bits per heavy atom. The van der Waals surface area contributed by atoms with Crippen LogP contribution >= 0.6 is 0 Å². The van der Waals surface area contributed by atoms with Crippen molar-refractivity contribution in [1.82, 2.24) is 0 Å². The molecule has 0 saturated carbocycles. The molecule has 0 saturated heterocycles. The van der Waals surface area contributed by atoms with E-state index in [1.54, 1.807) is 0 Å². The van der Waals surface area contributed by atoms with Crippen LogP contribution in [0.4, 0.5) is 0 Å². The molecule has 0 aliphatic heterocycles. The summed E-state index contributed by atoms with van der Waals surface area (Å²) >= 11 is 0. The first-order chi connectivity index (χ1) is 10.9. The zero-order valence-electron chi connectivity index (χ0n) is 13.7. The predicted molar refractivity (Wildman–Crippen MR) is 84.0 cm³/mol. The van der Waals surface area contributed by atoms with Crippen LogP contribution in [0.2, 0.25) is 0 Å². The summed E-state index contributed by atoms with van der Waals surface area (Å²) in [7, 11) is 0. The fourth-order valence-corrected chi connectivity index (χ4v) is 1.37. The summed E-state index contributed by atoms with van der Waals surface area (Å²) < 4.78 is 31.7. The van der Waals surface area contributed by atoms with E-state index in [1.807, 2.05) is 0 Å². The second-order valence-corrected chi connectivity index (χ2v) is 4.32. The highest BCUT2D eigenvalue weighted by Crippen LogP contribution is 1.85. The summed E-state index contributed by atoms with van der Waals surface area (Å²) in [6.45, 7) is 8.84. The van der Waals surface area contributed by atoms with Crippen LogP contribution in [0, 0.1) is 12.3 Å². The SMILES string of the molecule is C#CCOCCOCCOCCOCCOCCOCCC. The Kier molecular flexibility index (Phi) is 19.7. The molecule has 0 rings (SSSR count). The van der Waals surface area contributed by atoms with Gasteiger partial charge in [0.05, 0.1) is 66.1 Å². The fraction of sp³-hybridized carbons (Fsp3) is 0.875. The molecule has 0 aromatic rings. The Morgan fingerprint density at radius 2 is 0.864 bits per heavy atom. The number of hydrogen-bond acceptors (Lipinski definition) is 6. The highest BCUT2D eigenvalue weighted by atomic mass is 16.6. The lowest BCUT2D eigenvalue weighted by Gasteiger charge is -2.07. The largest absolute Gasteiger partial charge is 0.379 e. The van der Waals surface area contributed by atoms with E-state index in [0.717, 1.165) is 13.0 Å². The summed E-state index contributed by atoms with van der Waals surface area (Å²) in [6.07, 6.45) is 6.07. The molecule has 0 N–H and O–H groups in total. The fourth-order valence-electron chi connectivity index (χ4n) is 1.37. The molecule has 0 aromatic heterocycles. The van der Waals surface area contributed by atoms with E-state index >= 15 is 0 Å². The van der Waals surface area contributed by atoms with Gasteiger partial charge in [-0.1, -0.05) is 12.8 Å². The quantitative estimate of drug-likeness (QED) is 0.279. The summed E-state index contributed by atoms with van der Waals surface area (Å²) in [5, 5.41) is 0. The molecule has 0 aromatic carbocycles. The molecule has 22 heavy (non-hydrogen) atoms. The molecular formula is C16H30O6. The lowest BCUT2D eigenvalue weighted by atomic mass is 10.5. The number of hydrogen-bond donors (Lipinski definition) is 0. The van der Waals surface area contributed by atoms with Crippen molar-refractivity contribution in [3.63, 3.8) is 0 Å². The van der Waals surface area contributed by atoms with Crippen molar-refractivity contribution in [3.8, 4) is 12.3 Å². The molecule has 0 atom stereocenters. The van der Waals surface area contributed by atoms with Crippen molar-refractivity contribution < 1.29 is 28.4 Å². The number of ether oxygens (including phenoxy) is 6. The van der Waals surface area contributed by atoms with Crippen LogP contribution in [-0.2, 0) is 28.4 Å². The van der Waals surface area contributed by atoms with E-state index in [0.29, 0.717) is 72.7 Å². The highest BCUT2D eigenvalue weighted by Gasteiger charge is 1.93. The van der Waals surface area contributed by atoms with Gasteiger partial charge in [-0.25, -0.2) is 0 Å². The van der Waals surface area contributed by atoms with Gasteiger partial charge in [0, 0.05) is 6.61 Å². The summed E-state index contributed by atoms with van der Waals surface area (Å²) in [5.74, 6) is 2.39. The standard InChI is InChI=1S/C16H30O6/c1-3-5-17-7-9-19-11-13-21-15-16-22-14-12-20-10-8-18-6-4-2/h1H,4-16H2,2H3. The lowest BCUT2D eigenvalue weighted by molar-refractivity contribution is -0.0154. The van der Waals surface area contributed by atoms with Gasteiger partial charge in [-0.05, 0) is 6.42 Å². The van der Waals surface area contributed by atoms with Crippen molar-refractivity contribution in [1.29, 1.82) is 0 Å². The maximum atomic E-state index is 5.36. The van der Waals surface area contributed by atoms with Gasteiger partial charge >= 0.3 is 0 Å². The lowest BCUT2D eigenvalue weighted by Crippen LogP contribution is -2.14. The smallest absolute Gasteiger partial charge is 0.107 e. The van der Waals surface area contributed by atoms with E-state index in [1.165, 1.54) is 0 Å². The molecule has 0 aliphatic rings. The minimum atomic E-state index is 0.326. The third-order valence-electron chi connectivity index (χ3n) is 2.39. The summed E-state index contributed by atoms with van der Waals surface area (Å²) in [4.78, 5) is 0. The molecule has 0 aliphatic carbocycles. The third-order valence-corrected chi connectivity index (χ3v) is 2.39. The Hall–Kier alpha value is -0.680. The summed E-state index contributed by atoms with van der Waals surface area (Å²) in [6, 6.07) is 0. The third kappa shape index (κ3) is 19.3. The molecule has 0 bridgehead atoms. The average Bonchev–Trinajstić information content (AvgIpc) is 2.54. The van der Waals surface area contributed by atoms with E-state index in [2.05, 4.69) is 12.8 Å². The zero-order chi connectivity index (χ0) is 16.1. The van der Waals surface area contributed by atoms with E-state index in [4.69, 9.17) is 34.8 Å². The maximum Gasteiger partial charge on any atom is 0.107 e. The van der Waals surface area contributed by atoms with Crippen molar-refractivity contribution >= 4 is 0 Å². The Labute approximate surface area is 134 Å². The van der Waals surface area contributed by atoms with Gasteiger partial charge in [0.2, 0.25) is 0 Å². The number of rotatable bonds is 18. The van der Waals surface area contributed by atoms with Crippen molar-refractivity contribution in [3.05, 3.63) is 0 Å². The zero-order valence-corrected chi connectivity index (χ0v) is 13.7. The number of terminal acetylenes is 1. The molecule has 0 amide bonds.